The van der Waals surface area contributed by atoms with Crippen LogP contribution in [-0.4, -0.2) is 87.4 Å². The summed E-state index contributed by atoms with van der Waals surface area (Å²) in [5, 5.41) is 9.70. The van der Waals surface area contributed by atoms with Gasteiger partial charge in [0.15, 0.2) is 6.10 Å². The molecule has 0 radical (unpaired) electrons. The van der Waals surface area contributed by atoms with Crippen molar-refractivity contribution in [3.8, 4) is 0 Å². The van der Waals surface area contributed by atoms with E-state index in [1.165, 1.54) is 244 Å². The Labute approximate surface area is 496 Å². The molecule has 0 aliphatic carbocycles. The standard InChI is InChI=1S/C71H133NO8/c1-6-8-10-12-14-16-18-20-22-23-24-25-26-27-28-29-30-31-32-33-34-35-36-37-38-39-40-41-42-43-44-45-46-47-48-50-51-53-55-57-59-61-68(73)78-65-67(66-79-71(70(75)76)77-64-63-72(3,4)5)80-69(74)62-60-58-56-54-52-49-21-19-17-15-13-11-9-7-2/h13,15,19,21,23-24,67,71H,6-12,14,16-18,20,22,25-66H2,1-5H3/p+1/b15-13-,21-19-,24-23-. The molecule has 0 saturated heterocycles. The number of quaternary nitrogens is 1. The first-order valence-corrected chi connectivity index (χ1v) is 34.7. The first kappa shape index (κ1) is 77.5. The molecule has 0 aromatic carbocycles. The summed E-state index contributed by atoms with van der Waals surface area (Å²) in [4.78, 5) is 37.4. The number of carboxylic acid groups (broad SMARTS) is 1. The fourth-order valence-electron chi connectivity index (χ4n) is 10.3. The Morgan fingerprint density at radius 2 is 0.688 bits per heavy atom. The number of hydrogen-bond donors (Lipinski definition) is 1. The van der Waals surface area contributed by atoms with Crippen molar-refractivity contribution in [2.24, 2.45) is 0 Å². The molecule has 80 heavy (non-hydrogen) atoms. The highest BCUT2D eigenvalue weighted by atomic mass is 16.7. The molecule has 1 N–H and O–H groups in total. The van der Waals surface area contributed by atoms with Crippen molar-refractivity contribution in [2.45, 2.75) is 354 Å². The van der Waals surface area contributed by atoms with Gasteiger partial charge in [0, 0.05) is 12.8 Å². The van der Waals surface area contributed by atoms with Crippen molar-refractivity contribution >= 4 is 17.9 Å². The zero-order valence-electron chi connectivity index (χ0n) is 53.8. The molecule has 0 aromatic rings. The molecule has 0 aliphatic rings. The number of unbranched alkanes of at least 4 members (excludes halogenated alkanes) is 44. The van der Waals surface area contributed by atoms with Gasteiger partial charge in [-0.2, -0.15) is 0 Å². The molecule has 0 spiro atoms. The normalized spacial score (nSPS) is 12.9. The highest BCUT2D eigenvalue weighted by Gasteiger charge is 2.25. The van der Waals surface area contributed by atoms with Gasteiger partial charge in [0.2, 0.25) is 0 Å². The first-order chi connectivity index (χ1) is 39.1. The number of rotatable bonds is 65. The van der Waals surface area contributed by atoms with Gasteiger partial charge < -0.3 is 28.5 Å². The van der Waals surface area contributed by atoms with Crippen LogP contribution in [0.1, 0.15) is 341 Å². The third kappa shape index (κ3) is 63.1. The maximum atomic E-state index is 12.8. The van der Waals surface area contributed by atoms with Crippen molar-refractivity contribution in [3.05, 3.63) is 36.5 Å². The van der Waals surface area contributed by atoms with Gasteiger partial charge in [-0.1, -0.05) is 301 Å². The summed E-state index contributed by atoms with van der Waals surface area (Å²) in [5.74, 6) is -2.01. The molecule has 470 valence electrons. The van der Waals surface area contributed by atoms with Crippen LogP contribution in [0.15, 0.2) is 36.5 Å². The van der Waals surface area contributed by atoms with Gasteiger partial charge in [-0.3, -0.25) is 9.59 Å². The molecule has 0 heterocycles. The van der Waals surface area contributed by atoms with Crippen LogP contribution < -0.4 is 0 Å². The van der Waals surface area contributed by atoms with E-state index in [4.69, 9.17) is 18.9 Å². The Balaban J connectivity index is 3.86. The third-order valence-electron chi connectivity index (χ3n) is 15.6. The van der Waals surface area contributed by atoms with E-state index in [1.807, 2.05) is 21.1 Å². The molecule has 0 aromatic heterocycles. The predicted octanol–water partition coefficient (Wildman–Crippen LogP) is 21.2. The monoisotopic (exact) mass is 1130 g/mol. The molecule has 0 fully saturated rings. The van der Waals surface area contributed by atoms with Crippen LogP contribution >= 0.6 is 0 Å². The fourth-order valence-corrected chi connectivity index (χ4v) is 10.3. The Bertz CT molecular complexity index is 1410. The largest absolute Gasteiger partial charge is 0.477 e. The van der Waals surface area contributed by atoms with Crippen molar-refractivity contribution in [1.29, 1.82) is 0 Å². The molecule has 0 rings (SSSR count). The summed E-state index contributed by atoms with van der Waals surface area (Å²) >= 11 is 0. The van der Waals surface area contributed by atoms with Crippen molar-refractivity contribution < 1.29 is 42.9 Å². The van der Waals surface area contributed by atoms with Crippen molar-refractivity contribution in [2.75, 3.05) is 47.5 Å². The van der Waals surface area contributed by atoms with Crippen molar-refractivity contribution in [3.63, 3.8) is 0 Å². The number of carboxylic acids is 1. The number of esters is 2. The zero-order chi connectivity index (χ0) is 58.3. The number of likely N-dealkylation sites (N-methyl/N-ethyl adjacent to an activating group) is 1. The van der Waals surface area contributed by atoms with Gasteiger partial charge >= 0.3 is 17.9 Å². The van der Waals surface area contributed by atoms with Crippen LogP contribution in [0, 0.1) is 0 Å². The summed E-state index contributed by atoms with van der Waals surface area (Å²) in [6.45, 7) is 4.86. The number of carbonyl (C=O) groups is 3. The second kappa shape index (κ2) is 62.6. The number of nitrogens with zero attached hydrogens (tertiary/aromatic N) is 1. The van der Waals surface area contributed by atoms with E-state index in [9.17, 15) is 19.5 Å². The minimum Gasteiger partial charge on any atom is -0.477 e. The topological polar surface area (TPSA) is 108 Å². The van der Waals surface area contributed by atoms with Gasteiger partial charge in [-0.05, 0) is 64.2 Å². The average Bonchev–Trinajstić information content (AvgIpc) is 3.43. The van der Waals surface area contributed by atoms with E-state index >= 15 is 0 Å². The van der Waals surface area contributed by atoms with Crippen LogP contribution in [0.2, 0.25) is 0 Å². The number of carbonyl (C=O) groups excluding carboxylic acids is 2. The first-order valence-electron chi connectivity index (χ1n) is 34.7. The van der Waals surface area contributed by atoms with Gasteiger partial charge in [0.25, 0.3) is 6.29 Å². The molecule has 0 aliphatic heterocycles. The van der Waals surface area contributed by atoms with E-state index < -0.39 is 24.3 Å². The van der Waals surface area contributed by atoms with Crippen LogP contribution in [0.5, 0.6) is 0 Å². The predicted molar refractivity (Wildman–Crippen MR) is 341 cm³/mol. The lowest BCUT2D eigenvalue weighted by atomic mass is 10.0. The van der Waals surface area contributed by atoms with Crippen LogP contribution in [0.4, 0.5) is 0 Å². The number of hydrogen-bond acceptors (Lipinski definition) is 7. The van der Waals surface area contributed by atoms with E-state index in [1.54, 1.807) is 0 Å². The molecular formula is C71H134NO8+. The molecule has 0 bridgehead atoms. The Hall–Kier alpha value is -2.49. The van der Waals surface area contributed by atoms with E-state index in [0.717, 1.165) is 64.2 Å². The van der Waals surface area contributed by atoms with Crippen LogP contribution in [0.3, 0.4) is 0 Å². The lowest BCUT2D eigenvalue weighted by Gasteiger charge is -2.25. The second-order valence-electron chi connectivity index (χ2n) is 24.8. The highest BCUT2D eigenvalue weighted by Crippen LogP contribution is 2.18. The second-order valence-corrected chi connectivity index (χ2v) is 24.8. The smallest absolute Gasteiger partial charge is 0.361 e. The number of aliphatic carboxylic acids is 1. The zero-order valence-corrected chi connectivity index (χ0v) is 53.8. The summed E-state index contributed by atoms with van der Waals surface area (Å²) in [5.41, 5.74) is 0. The SMILES string of the molecule is CCCC/C=C\C/C=C\CCCCCCCC(=O)OC(COC(=O)CCCCCCCCCCCCCCCCCCCCCCCCCCCCCCC/C=C\CCCCCCCCCC)COC(OCC[N+](C)(C)C)C(=O)O. The highest BCUT2D eigenvalue weighted by molar-refractivity contribution is 5.71. The van der Waals surface area contributed by atoms with Crippen LogP contribution in [0.25, 0.3) is 0 Å². The van der Waals surface area contributed by atoms with E-state index in [0.29, 0.717) is 23.9 Å². The van der Waals surface area contributed by atoms with Gasteiger partial charge in [-0.15, -0.1) is 0 Å². The Kier molecular flexibility index (Phi) is 60.6. The molecular weight excluding hydrogens is 995 g/mol. The quantitative estimate of drug-likeness (QED) is 0.0211. The minimum atomic E-state index is -1.51. The lowest BCUT2D eigenvalue weighted by Crippen LogP contribution is -2.40. The summed E-state index contributed by atoms with van der Waals surface area (Å²) in [6, 6.07) is 0. The molecule has 9 heteroatoms. The van der Waals surface area contributed by atoms with Gasteiger partial charge in [0.05, 0.1) is 34.4 Å². The Morgan fingerprint density at radius 1 is 0.375 bits per heavy atom. The van der Waals surface area contributed by atoms with Gasteiger partial charge in [0.1, 0.15) is 13.2 Å². The summed E-state index contributed by atoms with van der Waals surface area (Å²) in [6.07, 6.45) is 75.8. The van der Waals surface area contributed by atoms with Gasteiger partial charge in [-0.25, -0.2) is 4.79 Å². The minimum absolute atomic E-state index is 0.184. The maximum absolute atomic E-state index is 12.8. The average molecular weight is 1130 g/mol. The number of allylic oxidation sites excluding steroid dienone is 6. The summed E-state index contributed by atoms with van der Waals surface area (Å²) in [7, 11) is 5.97. The summed E-state index contributed by atoms with van der Waals surface area (Å²) < 4.78 is 22.9. The molecule has 2 unspecified atom stereocenters. The fraction of sp³-hybridized carbons (Fsp3) is 0.873. The number of ether oxygens (including phenoxy) is 4. The Morgan fingerprint density at radius 3 is 1.04 bits per heavy atom. The van der Waals surface area contributed by atoms with E-state index in [-0.39, 0.29) is 32.2 Å². The van der Waals surface area contributed by atoms with E-state index in [2.05, 4.69) is 50.3 Å². The van der Waals surface area contributed by atoms with Crippen molar-refractivity contribution in [1.82, 2.24) is 0 Å². The van der Waals surface area contributed by atoms with Crippen LogP contribution in [-0.2, 0) is 33.3 Å². The maximum Gasteiger partial charge on any atom is 0.361 e. The molecule has 9 nitrogen and oxygen atoms in total. The molecule has 0 saturated carbocycles. The lowest BCUT2D eigenvalue weighted by molar-refractivity contribution is -0.870. The molecule has 0 amide bonds. The molecule has 2 atom stereocenters. The third-order valence-corrected chi connectivity index (χ3v) is 15.6.